The van der Waals surface area contributed by atoms with Gasteiger partial charge in [-0.1, -0.05) is 0 Å². The molecule has 6 nitrogen and oxygen atoms in total. The van der Waals surface area contributed by atoms with E-state index in [1.807, 2.05) is 6.92 Å². The number of ether oxygens (including phenoxy) is 3. The largest absolute Gasteiger partial charge is 0.497 e. The summed E-state index contributed by atoms with van der Waals surface area (Å²) in [6, 6.07) is 9.65. The summed E-state index contributed by atoms with van der Waals surface area (Å²) in [5, 5.41) is 0.796. The van der Waals surface area contributed by atoms with Crippen LogP contribution in [-0.4, -0.2) is 20.2 Å². The zero-order valence-electron chi connectivity index (χ0n) is 14.9. The second-order valence-corrected chi connectivity index (χ2v) is 5.80. The summed E-state index contributed by atoms with van der Waals surface area (Å²) < 4.78 is 21.1. The molecule has 3 aromatic rings. The fourth-order valence-electron chi connectivity index (χ4n) is 2.69. The predicted octanol–water partition coefficient (Wildman–Crippen LogP) is 3.65. The highest BCUT2D eigenvalue weighted by Gasteiger charge is 2.16. The van der Waals surface area contributed by atoms with Crippen molar-refractivity contribution in [2.45, 2.75) is 13.8 Å². The second-order valence-electron chi connectivity index (χ2n) is 5.80. The summed E-state index contributed by atoms with van der Waals surface area (Å²) in [5.74, 6) is 0.707. The molecule has 0 saturated heterocycles. The van der Waals surface area contributed by atoms with Crippen LogP contribution in [0.2, 0.25) is 0 Å². The molecule has 3 rings (SSSR count). The van der Waals surface area contributed by atoms with Crippen LogP contribution in [0.5, 0.6) is 17.2 Å². The van der Waals surface area contributed by atoms with Crippen molar-refractivity contribution < 1.29 is 23.4 Å². The molecule has 6 heteroatoms. The Labute approximate surface area is 149 Å². The van der Waals surface area contributed by atoms with Crippen molar-refractivity contribution >= 4 is 16.9 Å². The van der Waals surface area contributed by atoms with Gasteiger partial charge in [0.25, 0.3) is 0 Å². The van der Waals surface area contributed by atoms with Crippen molar-refractivity contribution in [2.75, 3.05) is 14.2 Å². The van der Waals surface area contributed by atoms with Crippen LogP contribution in [0.4, 0.5) is 0 Å². The van der Waals surface area contributed by atoms with Crippen molar-refractivity contribution in [3.05, 3.63) is 63.5 Å². The summed E-state index contributed by atoms with van der Waals surface area (Å²) >= 11 is 0. The van der Waals surface area contributed by atoms with Gasteiger partial charge in [-0.05, 0) is 43.7 Å². The molecule has 0 saturated carbocycles. The van der Waals surface area contributed by atoms with Gasteiger partial charge in [-0.2, -0.15) is 0 Å². The zero-order valence-corrected chi connectivity index (χ0v) is 14.9. The molecule has 0 atom stereocenters. The maximum Gasteiger partial charge on any atom is 0.343 e. The lowest BCUT2D eigenvalue weighted by molar-refractivity contribution is 0.0733. The van der Waals surface area contributed by atoms with E-state index in [1.54, 1.807) is 37.3 Å². The van der Waals surface area contributed by atoms with Gasteiger partial charge >= 0.3 is 11.6 Å². The maximum atomic E-state index is 12.5. The number of aryl methyl sites for hydroxylation is 2. The first kappa shape index (κ1) is 17.5. The average Bonchev–Trinajstić information content (AvgIpc) is 2.63. The first-order valence-corrected chi connectivity index (χ1v) is 7.92. The molecule has 2 aromatic carbocycles. The molecule has 0 radical (unpaired) electrons. The molecule has 0 amide bonds. The average molecular weight is 354 g/mol. The molecule has 1 aromatic heterocycles. The summed E-state index contributed by atoms with van der Waals surface area (Å²) in [5.41, 5.74) is 1.62. The Morgan fingerprint density at radius 3 is 2.23 bits per heavy atom. The lowest BCUT2D eigenvalue weighted by Gasteiger charge is -2.11. The van der Waals surface area contributed by atoms with Crippen LogP contribution in [0.25, 0.3) is 11.0 Å². The van der Waals surface area contributed by atoms with Crippen molar-refractivity contribution in [2.24, 2.45) is 0 Å². The van der Waals surface area contributed by atoms with Crippen molar-refractivity contribution in [1.82, 2.24) is 0 Å². The molecular formula is C20H18O6. The Balaban J connectivity index is 2.00. The molecule has 26 heavy (non-hydrogen) atoms. The molecule has 134 valence electrons. The highest BCUT2D eigenvalue weighted by Crippen LogP contribution is 2.29. The molecule has 0 aliphatic heterocycles. The molecule has 0 spiro atoms. The number of carbonyl (C=O) groups excluding carboxylic acids is 1. The van der Waals surface area contributed by atoms with E-state index in [2.05, 4.69) is 0 Å². The first-order valence-electron chi connectivity index (χ1n) is 7.92. The van der Waals surface area contributed by atoms with Gasteiger partial charge in [-0.15, -0.1) is 0 Å². The number of methoxy groups -OCH3 is 2. The van der Waals surface area contributed by atoms with Crippen molar-refractivity contribution in [3.8, 4) is 17.2 Å². The Kier molecular flexibility index (Phi) is 4.67. The quantitative estimate of drug-likeness (QED) is 0.404. The van der Waals surface area contributed by atoms with E-state index in [4.69, 9.17) is 18.6 Å². The molecule has 0 unspecified atom stereocenters. The van der Waals surface area contributed by atoms with E-state index in [-0.39, 0.29) is 5.56 Å². The van der Waals surface area contributed by atoms with E-state index in [9.17, 15) is 9.59 Å². The summed E-state index contributed by atoms with van der Waals surface area (Å²) in [6.07, 6.45) is 0. The monoisotopic (exact) mass is 354 g/mol. The van der Waals surface area contributed by atoms with Gasteiger partial charge < -0.3 is 18.6 Å². The minimum Gasteiger partial charge on any atom is -0.497 e. The van der Waals surface area contributed by atoms with Gasteiger partial charge in [-0.3, -0.25) is 0 Å². The topological polar surface area (TPSA) is 75.0 Å². The second kappa shape index (κ2) is 6.92. The minimum absolute atomic E-state index is 0.284. The minimum atomic E-state index is -0.570. The molecular weight excluding hydrogens is 336 g/mol. The zero-order chi connectivity index (χ0) is 18.8. The van der Waals surface area contributed by atoms with Crippen LogP contribution in [0.3, 0.4) is 0 Å². The standard InChI is InChI=1S/C20H18O6/c1-11-7-18(21)26-19-12(2)17(6-5-16(11)19)25-20(22)13-8-14(23-3)10-15(9-13)24-4/h5-10H,1-4H3. The van der Waals surface area contributed by atoms with Crippen LogP contribution < -0.4 is 19.8 Å². The number of esters is 1. The van der Waals surface area contributed by atoms with Crippen LogP contribution in [0, 0.1) is 13.8 Å². The first-order chi connectivity index (χ1) is 12.4. The lowest BCUT2D eigenvalue weighted by Crippen LogP contribution is -2.10. The normalized spacial score (nSPS) is 10.6. The fraction of sp³-hybridized carbons (Fsp3) is 0.200. The van der Waals surface area contributed by atoms with Crippen LogP contribution in [-0.2, 0) is 0 Å². The van der Waals surface area contributed by atoms with Gasteiger partial charge in [0, 0.05) is 23.1 Å². The predicted molar refractivity (Wildman–Crippen MR) is 96.5 cm³/mol. The van der Waals surface area contributed by atoms with Crippen LogP contribution in [0.15, 0.2) is 45.6 Å². The SMILES string of the molecule is COc1cc(OC)cc(C(=O)Oc2ccc3c(C)cc(=O)oc3c2C)c1. The number of rotatable bonds is 4. The van der Waals surface area contributed by atoms with Gasteiger partial charge in [0.1, 0.15) is 22.8 Å². The molecule has 0 aliphatic rings. The van der Waals surface area contributed by atoms with Crippen molar-refractivity contribution in [3.63, 3.8) is 0 Å². The van der Waals surface area contributed by atoms with E-state index in [0.717, 1.165) is 10.9 Å². The number of carbonyl (C=O) groups is 1. The van der Waals surface area contributed by atoms with E-state index < -0.39 is 11.6 Å². The number of hydrogen-bond donors (Lipinski definition) is 0. The van der Waals surface area contributed by atoms with E-state index >= 15 is 0 Å². The molecule has 0 aliphatic carbocycles. The summed E-state index contributed by atoms with van der Waals surface area (Å²) in [7, 11) is 3.00. The van der Waals surface area contributed by atoms with Gasteiger partial charge in [0.15, 0.2) is 0 Å². The Morgan fingerprint density at radius 2 is 1.62 bits per heavy atom. The molecule has 1 heterocycles. The Morgan fingerprint density at radius 1 is 0.962 bits per heavy atom. The smallest absolute Gasteiger partial charge is 0.343 e. The van der Waals surface area contributed by atoms with E-state index in [0.29, 0.717) is 28.4 Å². The fourth-order valence-corrected chi connectivity index (χ4v) is 2.69. The van der Waals surface area contributed by atoms with Gasteiger partial charge in [0.2, 0.25) is 0 Å². The third-order valence-electron chi connectivity index (χ3n) is 4.11. The molecule has 0 bridgehead atoms. The highest BCUT2D eigenvalue weighted by atomic mass is 16.5. The van der Waals surface area contributed by atoms with Crippen LogP contribution in [0.1, 0.15) is 21.5 Å². The van der Waals surface area contributed by atoms with Crippen LogP contribution >= 0.6 is 0 Å². The van der Waals surface area contributed by atoms with Gasteiger partial charge in [-0.25, -0.2) is 9.59 Å². The maximum absolute atomic E-state index is 12.5. The summed E-state index contributed by atoms with van der Waals surface area (Å²) in [6.45, 7) is 3.56. The number of hydrogen-bond acceptors (Lipinski definition) is 6. The van der Waals surface area contributed by atoms with Crippen molar-refractivity contribution in [1.29, 1.82) is 0 Å². The molecule has 0 N–H and O–H groups in total. The Bertz CT molecular complexity index is 1030. The highest BCUT2D eigenvalue weighted by molar-refractivity contribution is 5.93. The summed E-state index contributed by atoms with van der Waals surface area (Å²) in [4.78, 5) is 24.2. The van der Waals surface area contributed by atoms with Gasteiger partial charge in [0.05, 0.1) is 19.8 Å². The van der Waals surface area contributed by atoms with E-state index in [1.165, 1.54) is 20.3 Å². The molecule has 0 fully saturated rings. The number of benzene rings is 2. The third kappa shape index (κ3) is 3.26. The third-order valence-corrected chi connectivity index (χ3v) is 4.11. The number of fused-ring (bicyclic) bond motifs is 1. The lowest BCUT2D eigenvalue weighted by atomic mass is 10.1. The Hall–Kier alpha value is -3.28.